The summed E-state index contributed by atoms with van der Waals surface area (Å²) in [4.78, 5) is 17.7. The van der Waals surface area contributed by atoms with Crippen molar-refractivity contribution in [2.45, 2.75) is 25.7 Å². The van der Waals surface area contributed by atoms with E-state index in [0.29, 0.717) is 18.4 Å². The van der Waals surface area contributed by atoms with Crippen molar-refractivity contribution in [3.8, 4) is 16.9 Å². The predicted octanol–water partition coefficient (Wildman–Crippen LogP) is 4.77. The Balaban J connectivity index is 1.60. The molecule has 0 fully saturated rings. The van der Waals surface area contributed by atoms with Crippen LogP contribution < -0.4 is 4.74 Å². The van der Waals surface area contributed by atoms with Gasteiger partial charge in [0.05, 0.1) is 24.1 Å². The van der Waals surface area contributed by atoms with Gasteiger partial charge in [0.1, 0.15) is 11.6 Å². The molecule has 2 heterocycles. The van der Waals surface area contributed by atoms with E-state index in [1.807, 2.05) is 31.2 Å². The van der Waals surface area contributed by atoms with Crippen LogP contribution in [0.5, 0.6) is 5.75 Å². The van der Waals surface area contributed by atoms with Crippen LogP contribution in [0.3, 0.4) is 0 Å². The minimum absolute atomic E-state index is 0.00555. The van der Waals surface area contributed by atoms with Gasteiger partial charge in [0.2, 0.25) is 0 Å². The van der Waals surface area contributed by atoms with Crippen LogP contribution >= 0.6 is 0 Å². The van der Waals surface area contributed by atoms with Gasteiger partial charge in [-0.3, -0.25) is 4.79 Å². The average molecular weight is 401 g/mol. The van der Waals surface area contributed by atoms with Crippen LogP contribution in [0.4, 0.5) is 4.39 Å². The molecule has 0 saturated carbocycles. The lowest BCUT2D eigenvalue weighted by Gasteiger charge is -2.23. The van der Waals surface area contributed by atoms with E-state index >= 15 is 0 Å². The quantitative estimate of drug-likeness (QED) is 0.496. The molecule has 1 atom stereocenters. The van der Waals surface area contributed by atoms with Gasteiger partial charge in [-0.2, -0.15) is 5.10 Å². The third-order valence-corrected chi connectivity index (χ3v) is 5.76. The van der Waals surface area contributed by atoms with Crippen molar-refractivity contribution in [1.29, 1.82) is 0 Å². The lowest BCUT2D eigenvalue weighted by atomic mass is 9.82. The Morgan fingerprint density at radius 2 is 1.80 bits per heavy atom. The molecule has 2 aromatic heterocycles. The van der Waals surface area contributed by atoms with Gasteiger partial charge in [-0.05, 0) is 54.7 Å². The van der Waals surface area contributed by atoms with Crippen LogP contribution in [0.1, 0.15) is 39.6 Å². The van der Waals surface area contributed by atoms with Gasteiger partial charge in [-0.15, -0.1) is 0 Å². The Labute approximate surface area is 173 Å². The molecule has 5 rings (SSSR count). The highest BCUT2D eigenvalue weighted by molar-refractivity contribution is 5.99. The van der Waals surface area contributed by atoms with E-state index in [2.05, 4.69) is 5.10 Å². The molecule has 0 amide bonds. The number of fused-ring (bicyclic) bond motifs is 2. The monoisotopic (exact) mass is 401 g/mol. The summed E-state index contributed by atoms with van der Waals surface area (Å²) in [6.45, 7) is 1.94. The van der Waals surface area contributed by atoms with Crippen molar-refractivity contribution in [1.82, 2.24) is 14.6 Å². The second-order valence-corrected chi connectivity index (χ2v) is 7.64. The molecule has 150 valence electrons. The summed E-state index contributed by atoms with van der Waals surface area (Å²) < 4.78 is 20.3. The number of hydrogen-bond donors (Lipinski definition) is 0. The number of aromatic nitrogens is 3. The largest absolute Gasteiger partial charge is 0.497 e. The van der Waals surface area contributed by atoms with Crippen LogP contribution in [-0.4, -0.2) is 27.5 Å². The van der Waals surface area contributed by atoms with Crippen molar-refractivity contribution in [2.24, 2.45) is 0 Å². The lowest BCUT2D eigenvalue weighted by molar-refractivity contribution is 0.0962. The molecule has 30 heavy (non-hydrogen) atoms. The zero-order valence-electron chi connectivity index (χ0n) is 16.7. The summed E-state index contributed by atoms with van der Waals surface area (Å²) in [6, 6.07) is 14.2. The average Bonchev–Trinajstić information content (AvgIpc) is 3.07. The van der Waals surface area contributed by atoms with Gasteiger partial charge >= 0.3 is 0 Å². The molecule has 0 bridgehead atoms. The molecule has 6 heteroatoms. The standard InChI is InChI=1S/C24H20FN3O2/c1-14-23(16-5-9-19(30-2)10-6-16)24-26-21-11-17(15-3-7-18(25)8-4-15)12-22(29)20(21)13-28(24)27-14/h3-10,13,17H,11-12H2,1-2H3. The van der Waals surface area contributed by atoms with Crippen LogP contribution in [-0.2, 0) is 6.42 Å². The summed E-state index contributed by atoms with van der Waals surface area (Å²) in [7, 11) is 1.64. The number of carbonyl (C=O) groups is 1. The molecule has 0 N–H and O–H groups in total. The number of halogens is 1. The molecule has 0 spiro atoms. The van der Waals surface area contributed by atoms with Gasteiger partial charge in [0.15, 0.2) is 11.4 Å². The van der Waals surface area contributed by atoms with Crippen LogP contribution in [0.25, 0.3) is 16.8 Å². The second-order valence-electron chi connectivity index (χ2n) is 7.64. The summed E-state index contributed by atoms with van der Waals surface area (Å²) in [5.74, 6) is 0.541. The number of rotatable bonds is 3. The molecule has 1 unspecified atom stereocenters. The van der Waals surface area contributed by atoms with Gasteiger partial charge in [-0.25, -0.2) is 13.9 Å². The first kappa shape index (κ1) is 18.5. The number of aryl methyl sites for hydroxylation is 1. The number of ether oxygens (including phenoxy) is 1. The third-order valence-electron chi connectivity index (χ3n) is 5.76. The first-order valence-electron chi connectivity index (χ1n) is 9.85. The highest BCUT2D eigenvalue weighted by Gasteiger charge is 2.29. The molecule has 0 radical (unpaired) electrons. The number of hydrogen-bond acceptors (Lipinski definition) is 4. The van der Waals surface area contributed by atoms with E-state index in [0.717, 1.165) is 39.5 Å². The van der Waals surface area contributed by atoms with Crippen LogP contribution in [0.2, 0.25) is 0 Å². The molecule has 2 aromatic carbocycles. The number of methoxy groups -OCH3 is 1. The maximum atomic E-state index is 13.3. The van der Waals surface area contributed by atoms with Crippen LogP contribution in [0, 0.1) is 12.7 Å². The molecular weight excluding hydrogens is 381 g/mol. The zero-order chi connectivity index (χ0) is 20.8. The summed E-state index contributed by atoms with van der Waals surface area (Å²) in [6.07, 6.45) is 2.81. The van der Waals surface area contributed by atoms with Gasteiger partial charge in [-0.1, -0.05) is 24.3 Å². The summed E-state index contributed by atoms with van der Waals surface area (Å²) in [5, 5.41) is 4.59. The SMILES string of the molecule is COc1ccc(-c2c(C)nn3cc4c(nc23)CC(c2ccc(F)cc2)CC4=O)cc1. The summed E-state index contributed by atoms with van der Waals surface area (Å²) >= 11 is 0. The molecule has 5 nitrogen and oxygen atoms in total. The number of benzene rings is 2. The maximum Gasteiger partial charge on any atom is 0.166 e. The number of ketones is 1. The first-order chi connectivity index (χ1) is 14.5. The van der Waals surface area contributed by atoms with Crippen LogP contribution in [0.15, 0.2) is 54.7 Å². The van der Waals surface area contributed by atoms with E-state index in [1.54, 1.807) is 30.0 Å². The van der Waals surface area contributed by atoms with Crippen molar-refractivity contribution >= 4 is 11.4 Å². The minimum Gasteiger partial charge on any atom is -0.497 e. The first-order valence-corrected chi connectivity index (χ1v) is 9.85. The van der Waals surface area contributed by atoms with Gasteiger partial charge < -0.3 is 4.74 Å². The maximum absolute atomic E-state index is 13.3. The lowest BCUT2D eigenvalue weighted by Crippen LogP contribution is -2.21. The normalized spacial score (nSPS) is 16.0. The van der Waals surface area contributed by atoms with Crippen molar-refractivity contribution in [3.63, 3.8) is 0 Å². The number of carbonyl (C=O) groups excluding carboxylic acids is 1. The fourth-order valence-electron chi connectivity index (χ4n) is 4.21. The molecular formula is C24H20FN3O2. The number of nitrogens with zero attached hydrogens (tertiary/aromatic N) is 3. The Morgan fingerprint density at radius 3 is 2.50 bits per heavy atom. The zero-order valence-corrected chi connectivity index (χ0v) is 16.7. The predicted molar refractivity (Wildman–Crippen MR) is 112 cm³/mol. The van der Waals surface area contributed by atoms with E-state index in [4.69, 9.17) is 9.72 Å². The molecule has 1 aliphatic carbocycles. The van der Waals surface area contributed by atoms with E-state index in [-0.39, 0.29) is 17.5 Å². The molecule has 1 aliphatic rings. The minimum atomic E-state index is -0.278. The fourth-order valence-corrected chi connectivity index (χ4v) is 4.21. The Hall–Kier alpha value is -3.54. The highest BCUT2D eigenvalue weighted by atomic mass is 19.1. The van der Waals surface area contributed by atoms with Crippen molar-refractivity contribution in [3.05, 3.63) is 83.1 Å². The van der Waals surface area contributed by atoms with E-state index in [9.17, 15) is 9.18 Å². The van der Waals surface area contributed by atoms with E-state index < -0.39 is 0 Å². The van der Waals surface area contributed by atoms with Gasteiger partial charge in [0, 0.05) is 18.2 Å². The second kappa shape index (κ2) is 7.06. The molecule has 4 aromatic rings. The fraction of sp³-hybridized carbons (Fsp3) is 0.208. The van der Waals surface area contributed by atoms with Gasteiger partial charge in [0.25, 0.3) is 0 Å². The smallest absolute Gasteiger partial charge is 0.166 e. The summed E-state index contributed by atoms with van der Waals surface area (Å²) in [5.41, 5.74) is 5.84. The van der Waals surface area contributed by atoms with Crippen molar-refractivity contribution < 1.29 is 13.9 Å². The molecule has 0 saturated heterocycles. The number of Topliss-reactive ketones (excluding diaryl/α,β-unsaturated/α-hetero) is 1. The highest BCUT2D eigenvalue weighted by Crippen LogP contribution is 2.34. The molecule has 0 aliphatic heterocycles. The van der Waals surface area contributed by atoms with E-state index in [1.165, 1.54) is 12.1 Å². The Morgan fingerprint density at radius 1 is 1.07 bits per heavy atom. The Bertz CT molecular complexity index is 1260. The third kappa shape index (κ3) is 3.05. The van der Waals surface area contributed by atoms with Crippen molar-refractivity contribution in [2.75, 3.05) is 7.11 Å². The Kier molecular flexibility index (Phi) is 4.35. The topological polar surface area (TPSA) is 56.5 Å².